The third-order valence-corrected chi connectivity index (χ3v) is 9.89. The van der Waals surface area contributed by atoms with Crippen molar-refractivity contribution in [2.45, 2.75) is 26.2 Å². The van der Waals surface area contributed by atoms with Crippen molar-refractivity contribution in [1.29, 1.82) is 0 Å². The fraction of sp³-hybridized carbons (Fsp3) is 0.100. The topological polar surface area (TPSA) is 19.1 Å². The predicted octanol–water partition coefficient (Wildman–Crippen LogP) is 8.11. The second-order valence-electron chi connectivity index (χ2n) is 13.3. The summed E-state index contributed by atoms with van der Waals surface area (Å²) >= 11 is 0. The van der Waals surface area contributed by atoms with Crippen molar-refractivity contribution in [2.24, 2.45) is 0 Å². The molecule has 0 fully saturated rings. The maximum Gasteiger partial charge on any atom is 0.256 e. The Morgan fingerprint density at radius 2 is 1.14 bits per heavy atom. The van der Waals surface area contributed by atoms with Crippen molar-refractivity contribution in [2.75, 3.05) is 0 Å². The van der Waals surface area contributed by atoms with Crippen molar-refractivity contribution < 1.29 is 4.74 Å². The second-order valence-corrected chi connectivity index (χ2v) is 13.3. The lowest BCUT2D eigenvalue weighted by Crippen LogP contribution is -2.58. The van der Waals surface area contributed by atoms with Crippen LogP contribution in [0, 0.1) is 0 Å². The molecule has 8 aromatic rings. The van der Waals surface area contributed by atoms with Gasteiger partial charge in [-0.05, 0) is 63.8 Å². The normalized spacial score (nSPS) is 13.5. The number of aromatic nitrogens is 2. The Morgan fingerprint density at radius 1 is 0.568 bits per heavy atom. The first-order valence-electron chi connectivity index (χ1n) is 15.5. The summed E-state index contributed by atoms with van der Waals surface area (Å²) in [5, 5.41) is 5.15. The van der Waals surface area contributed by atoms with Gasteiger partial charge in [-0.3, -0.25) is 0 Å². The van der Waals surface area contributed by atoms with Crippen LogP contribution in [0.15, 0.2) is 121 Å². The summed E-state index contributed by atoms with van der Waals surface area (Å²) in [6, 6.07) is 44.3. The molecule has 6 aromatic carbocycles. The first kappa shape index (κ1) is 24.3. The molecule has 0 saturated carbocycles. The van der Waals surface area contributed by atoms with Gasteiger partial charge in [0.25, 0.3) is 6.71 Å². The summed E-state index contributed by atoms with van der Waals surface area (Å²) in [5.41, 5.74) is 12.3. The molecule has 0 radical (unpaired) electrons. The third-order valence-electron chi connectivity index (χ3n) is 9.89. The second kappa shape index (κ2) is 8.24. The van der Waals surface area contributed by atoms with E-state index < -0.39 is 0 Å². The summed E-state index contributed by atoms with van der Waals surface area (Å²) in [6.45, 7) is 7.01. The smallest absolute Gasteiger partial charge is 0.256 e. The van der Waals surface area contributed by atoms with Gasteiger partial charge in [0.05, 0.1) is 27.8 Å². The molecule has 0 saturated heterocycles. The molecule has 0 N–H and O–H groups in total. The van der Waals surface area contributed by atoms with Gasteiger partial charge in [-0.25, -0.2) is 0 Å². The quantitative estimate of drug-likeness (QED) is 0.184. The van der Waals surface area contributed by atoms with E-state index in [0.29, 0.717) is 0 Å². The zero-order valence-electron chi connectivity index (χ0n) is 24.9. The number of ether oxygens (including phenoxy) is 1. The molecule has 4 heterocycles. The summed E-state index contributed by atoms with van der Waals surface area (Å²) in [5.74, 6) is 1.90. The highest BCUT2D eigenvalue weighted by molar-refractivity contribution is 6.99. The molecular weight excluding hydrogens is 535 g/mol. The fourth-order valence-electron chi connectivity index (χ4n) is 8.13. The van der Waals surface area contributed by atoms with Crippen molar-refractivity contribution in [3.05, 3.63) is 127 Å². The van der Waals surface area contributed by atoms with E-state index in [1.165, 1.54) is 71.3 Å². The molecule has 0 bridgehead atoms. The summed E-state index contributed by atoms with van der Waals surface area (Å²) in [6.07, 6.45) is 0. The van der Waals surface area contributed by atoms with Crippen LogP contribution >= 0.6 is 0 Å². The molecule has 0 aliphatic carbocycles. The Bertz CT molecular complexity index is 2470. The van der Waals surface area contributed by atoms with Crippen LogP contribution < -0.4 is 21.1 Å². The number of benzene rings is 6. The average Bonchev–Trinajstić information content (AvgIpc) is 3.57. The lowest BCUT2D eigenvalue weighted by Gasteiger charge is -2.35. The highest BCUT2D eigenvalue weighted by Crippen LogP contribution is 2.45. The average molecular weight is 564 g/mol. The van der Waals surface area contributed by atoms with E-state index in [0.717, 1.165) is 17.2 Å². The standard InChI is InChI=1S/C40H29BN2O/c1-40(2,3)27-23-35-37-38-36(27)26-15-6-10-20-32(26)43(38)33-21-11-7-16-28(33)41(37)29-17-12-22-34(39(29)44-35)42-30-18-8-4-13-24(30)25-14-5-9-19-31(25)42/h4-23H,1-3H3. The van der Waals surface area contributed by atoms with Crippen molar-refractivity contribution >= 4 is 66.7 Å². The summed E-state index contributed by atoms with van der Waals surface area (Å²) < 4.78 is 12.1. The number of hydrogen-bond donors (Lipinski definition) is 0. The molecule has 4 heteroatoms. The Labute approximate surface area is 256 Å². The van der Waals surface area contributed by atoms with Crippen LogP contribution in [0.1, 0.15) is 26.3 Å². The SMILES string of the molecule is CC(C)(C)c1cc2c3c4c1c1ccccc1n4-c1ccccc1B3c1cccc(-n3c4ccccc4c4ccccc43)c1O2. The van der Waals surface area contributed by atoms with E-state index in [4.69, 9.17) is 4.74 Å². The fourth-order valence-corrected chi connectivity index (χ4v) is 8.13. The molecular formula is C40H29BN2O. The van der Waals surface area contributed by atoms with E-state index in [1.54, 1.807) is 0 Å². The lowest BCUT2D eigenvalue weighted by molar-refractivity contribution is 0.482. The van der Waals surface area contributed by atoms with Gasteiger partial charge in [0.1, 0.15) is 11.5 Å². The first-order chi connectivity index (χ1) is 21.5. The number of fused-ring (bicyclic) bond motifs is 11. The largest absolute Gasteiger partial charge is 0.456 e. The maximum absolute atomic E-state index is 7.21. The minimum absolute atomic E-state index is 0.0614. The molecule has 0 atom stereocenters. The number of rotatable bonds is 1. The molecule has 2 aliphatic rings. The molecule has 208 valence electrons. The van der Waals surface area contributed by atoms with E-state index >= 15 is 0 Å². The van der Waals surface area contributed by atoms with Crippen molar-refractivity contribution in [1.82, 2.24) is 9.13 Å². The molecule has 10 rings (SSSR count). The first-order valence-corrected chi connectivity index (χ1v) is 15.5. The maximum atomic E-state index is 7.21. The van der Waals surface area contributed by atoms with E-state index in [-0.39, 0.29) is 12.1 Å². The zero-order valence-corrected chi connectivity index (χ0v) is 24.9. The molecule has 2 aromatic heterocycles. The molecule has 44 heavy (non-hydrogen) atoms. The Kier molecular flexibility index (Phi) is 4.54. The van der Waals surface area contributed by atoms with Gasteiger partial charge >= 0.3 is 0 Å². The zero-order chi connectivity index (χ0) is 29.3. The van der Waals surface area contributed by atoms with Gasteiger partial charge in [0.15, 0.2) is 0 Å². The van der Waals surface area contributed by atoms with Crippen LogP contribution in [-0.2, 0) is 5.41 Å². The Hall–Kier alpha value is -5.22. The number of hydrogen-bond acceptors (Lipinski definition) is 1. The van der Waals surface area contributed by atoms with Gasteiger partial charge < -0.3 is 13.9 Å². The molecule has 2 aliphatic heterocycles. The van der Waals surface area contributed by atoms with Crippen LogP contribution in [0.2, 0.25) is 0 Å². The summed E-state index contributed by atoms with van der Waals surface area (Å²) in [7, 11) is 0. The summed E-state index contributed by atoms with van der Waals surface area (Å²) in [4.78, 5) is 0. The Morgan fingerprint density at radius 3 is 1.84 bits per heavy atom. The van der Waals surface area contributed by atoms with Gasteiger partial charge in [-0.2, -0.15) is 0 Å². The van der Waals surface area contributed by atoms with Crippen LogP contribution in [0.25, 0.3) is 55.0 Å². The molecule has 3 nitrogen and oxygen atoms in total. The minimum Gasteiger partial charge on any atom is -0.456 e. The van der Waals surface area contributed by atoms with Crippen molar-refractivity contribution in [3.8, 4) is 22.9 Å². The third kappa shape index (κ3) is 2.93. The van der Waals surface area contributed by atoms with Gasteiger partial charge in [-0.15, -0.1) is 0 Å². The Balaban J connectivity index is 1.37. The van der Waals surface area contributed by atoms with Gasteiger partial charge in [0.2, 0.25) is 0 Å². The highest BCUT2D eigenvalue weighted by atomic mass is 16.5. The van der Waals surface area contributed by atoms with E-state index in [2.05, 4.69) is 151 Å². The van der Waals surface area contributed by atoms with Crippen molar-refractivity contribution in [3.63, 3.8) is 0 Å². The van der Waals surface area contributed by atoms with Crippen LogP contribution in [0.3, 0.4) is 0 Å². The van der Waals surface area contributed by atoms with Crippen LogP contribution in [0.4, 0.5) is 0 Å². The van der Waals surface area contributed by atoms with E-state index in [9.17, 15) is 0 Å². The lowest BCUT2D eigenvalue weighted by atomic mass is 9.34. The number of nitrogens with zero attached hydrogens (tertiary/aromatic N) is 2. The van der Waals surface area contributed by atoms with Crippen LogP contribution in [-0.4, -0.2) is 15.8 Å². The van der Waals surface area contributed by atoms with E-state index in [1.807, 2.05) is 0 Å². The predicted molar refractivity (Wildman–Crippen MR) is 185 cm³/mol. The molecule has 0 spiro atoms. The number of para-hydroxylation sites is 5. The minimum atomic E-state index is -0.0770. The highest BCUT2D eigenvalue weighted by Gasteiger charge is 2.42. The van der Waals surface area contributed by atoms with Gasteiger partial charge in [-0.1, -0.05) is 106 Å². The van der Waals surface area contributed by atoms with Gasteiger partial charge in [0, 0.05) is 27.2 Å². The monoisotopic (exact) mass is 564 g/mol. The molecule has 0 unspecified atom stereocenters. The van der Waals surface area contributed by atoms with Crippen LogP contribution in [0.5, 0.6) is 11.5 Å². The molecule has 0 amide bonds.